The molecule has 0 fully saturated rings. The molecule has 0 spiro atoms. The summed E-state index contributed by atoms with van der Waals surface area (Å²) in [7, 11) is 1.19. The molecular formula is C18H19NO5. The van der Waals surface area contributed by atoms with Gasteiger partial charge in [0.25, 0.3) is 0 Å². The van der Waals surface area contributed by atoms with E-state index < -0.39 is 17.9 Å². The molecule has 1 N–H and O–H groups in total. The highest BCUT2D eigenvalue weighted by Crippen LogP contribution is 2.21. The number of carbonyl (C=O) groups excluding carboxylic acids is 3. The standard InChI is InChI=1S/C18H19NO5/c1-11(2)24-18(22)15(17(21)23-3)13-9-10-14(19-13)16(20)12-7-5-4-6-8-12/h4-11,15,19H,1-3H3. The molecule has 24 heavy (non-hydrogen) atoms. The van der Waals surface area contributed by atoms with Crippen LogP contribution in [0, 0.1) is 0 Å². The number of ether oxygens (including phenoxy) is 2. The molecule has 1 atom stereocenters. The van der Waals surface area contributed by atoms with Crippen molar-refractivity contribution >= 4 is 17.7 Å². The van der Waals surface area contributed by atoms with E-state index in [1.54, 1.807) is 38.1 Å². The van der Waals surface area contributed by atoms with E-state index >= 15 is 0 Å². The molecule has 0 bridgehead atoms. The zero-order chi connectivity index (χ0) is 17.7. The molecule has 0 saturated heterocycles. The summed E-state index contributed by atoms with van der Waals surface area (Å²) in [5.41, 5.74) is 1.04. The molecule has 2 aromatic rings. The number of carbonyl (C=O) groups is 3. The van der Waals surface area contributed by atoms with Gasteiger partial charge in [-0.05, 0) is 26.0 Å². The van der Waals surface area contributed by atoms with Crippen molar-refractivity contribution in [3.8, 4) is 0 Å². The number of H-pyrrole nitrogens is 1. The van der Waals surface area contributed by atoms with Crippen LogP contribution >= 0.6 is 0 Å². The number of methoxy groups -OCH3 is 1. The van der Waals surface area contributed by atoms with Gasteiger partial charge in [-0.1, -0.05) is 30.3 Å². The minimum atomic E-state index is -1.25. The third-order valence-corrected chi connectivity index (χ3v) is 3.32. The molecule has 0 aliphatic rings. The molecule has 0 radical (unpaired) electrons. The third-order valence-electron chi connectivity index (χ3n) is 3.32. The lowest BCUT2D eigenvalue weighted by Crippen LogP contribution is -2.27. The van der Waals surface area contributed by atoms with Crippen molar-refractivity contribution in [3.63, 3.8) is 0 Å². The fraction of sp³-hybridized carbons (Fsp3) is 0.278. The Hall–Kier alpha value is -2.89. The maximum Gasteiger partial charge on any atom is 0.326 e. The maximum absolute atomic E-state index is 12.4. The van der Waals surface area contributed by atoms with Crippen molar-refractivity contribution in [1.82, 2.24) is 4.98 Å². The van der Waals surface area contributed by atoms with E-state index in [2.05, 4.69) is 9.72 Å². The van der Waals surface area contributed by atoms with Gasteiger partial charge in [0.15, 0.2) is 5.92 Å². The van der Waals surface area contributed by atoms with E-state index in [1.165, 1.54) is 19.2 Å². The second-order valence-corrected chi connectivity index (χ2v) is 5.46. The van der Waals surface area contributed by atoms with Crippen molar-refractivity contribution in [2.24, 2.45) is 0 Å². The van der Waals surface area contributed by atoms with Gasteiger partial charge in [-0.15, -0.1) is 0 Å². The van der Waals surface area contributed by atoms with Crippen LogP contribution in [0.2, 0.25) is 0 Å². The number of benzene rings is 1. The highest BCUT2D eigenvalue weighted by atomic mass is 16.6. The van der Waals surface area contributed by atoms with Crippen LogP contribution in [-0.2, 0) is 19.1 Å². The Labute approximate surface area is 139 Å². The Bertz CT molecular complexity index is 733. The summed E-state index contributed by atoms with van der Waals surface area (Å²) in [6.07, 6.45) is -0.370. The summed E-state index contributed by atoms with van der Waals surface area (Å²) in [5.74, 6) is -2.96. The van der Waals surface area contributed by atoms with Crippen LogP contribution in [0.25, 0.3) is 0 Å². The molecule has 0 saturated carbocycles. The predicted molar refractivity (Wildman–Crippen MR) is 86.7 cm³/mol. The number of nitrogens with one attached hydrogen (secondary N) is 1. The second kappa shape index (κ2) is 7.59. The van der Waals surface area contributed by atoms with Gasteiger partial charge in [-0.2, -0.15) is 0 Å². The Morgan fingerprint density at radius 1 is 0.958 bits per heavy atom. The van der Waals surface area contributed by atoms with Gasteiger partial charge >= 0.3 is 11.9 Å². The highest BCUT2D eigenvalue weighted by molar-refractivity contribution is 6.08. The number of aromatic nitrogens is 1. The molecule has 6 nitrogen and oxygen atoms in total. The first-order valence-corrected chi connectivity index (χ1v) is 7.51. The lowest BCUT2D eigenvalue weighted by Gasteiger charge is -2.15. The van der Waals surface area contributed by atoms with Crippen molar-refractivity contribution in [2.45, 2.75) is 25.9 Å². The van der Waals surface area contributed by atoms with E-state index in [-0.39, 0.29) is 23.3 Å². The Morgan fingerprint density at radius 2 is 1.62 bits per heavy atom. The van der Waals surface area contributed by atoms with Gasteiger partial charge < -0.3 is 14.5 Å². The minimum Gasteiger partial charge on any atom is -0.468 e. The number of aromatic amines is 1. The van der Waals surface area contributed by atoms with Gasteiger partial charge in [0.1, 0.15) is 0 Å². The molecule has 0 aliphatic heterocycles. The molecule has 0 aliphatic carbocycles. The number of rotatable bonds is 6. The molecule has 126 valence electrons. The normalized spacial score (nSPS) is 11.8. The number of hydrogen-bond acceptors (Lipinski definition) is 5. The van der Waals surface area contributed by atoms with Crippen LogP contribution in [0.3, 0.4) is 0 Å². The molecular weight excluding hydrogens is 310 g/mol. The van der Waals surface area contributed by atoms with Crippen LogP contribution in [0.1, 0.15) is 41.5 Å². The van der Waals surface area contributed by atoms with Crippen LogP contribution < -0.4 is 0 Å². The first kappa shape index (κ1) is 17.5. The lowest BCUT2D eigenvalue weighted by atomic mass is 10.1. The van der Waals surface area contributed by atoms with Gasteiger partial charge in [0.2, 0.25) is 5.78 Å². The average Bonchev–Trinajstić information content (AvgIpc) is 3.03. The monoisotopic (exact) mass is 329 g/mol. The number of ketones is 1. The summed E-state index contributed by atoms with van der Waals surface area (Å²) in [6.45, 7) is 3.37. The third kappa shape index (κ3) is 3.90. The van der Waals surface area contributed by atoms with Gasteiger partial charge in [-0.25, -0.2) is 0 Å². The van der Waals surface area contributed by atoms with Crippen molar-refractivity contribution in [2.75, 3.05) is 7.11 Å². The Morgan fingerprint density at radius 3 is 2.21 bits per heavy atom. The molecule has 6 heteroatoms. The Kier molecular flexibility index (Phi) is 5.52. The number of esters is 2. The summed E-state index contributed by atoms with van der Waals surface area (Å²) < 4.78 is 9.78. The smallest absolute Gasteiger partial charge is 0.326 e. The van der Waals surface area contributed by atoms with Crippen LogP contribution in [0.4, 0.5) is 0 Å². The summed E-state index contributed by atoms with van der Waals surface area (Å²) in [5, 5.41) is 0. The lowest BCUT2D eigenvalue weighted by molar-refractivity contribution is -0.158. The van der Waals surface area contributed by atoms with Crippen LogP contribution in [0.15, 0.2) is 42.5 Å². The van der Waals surface area contributed by atoms with Crippen molar-refractivity contribution in [1.29, 1.82) is 0 Å². The topological polar surface area (TPSA) is 85.5 Å². The second-order valence-electron chi connectivity index (χ2n) is 5.46. The first-order valence-electron chi connectivity index (χ1n) is 7.51. The zero-order valence-corrected chi connectivity index (χ0v) is 13.7. The summed E-state index contributed by atoms with van der Waals surface area (Å²) in [4.78, 5) is 39.4. The molecule has 1 heterocycles. The van der Waals surface area contributed by atoms with Gasteiger partial charge in [0, 0.05) is 11.3 Å². The Balaban J connectivity index is 2.29. The fourth-order valence-electron chi connectivity index (χ4n) is 2.23. The van der Waals surface area contributed by atoms with Crippen molar-refractivity contribution in [3.05, 3.63) is 59.4 Å². The average molecular weight is 329 g/mol. The van der Waals surface area contributed by atoms with E-state index in [0.717, 1.165) is 0 Å². The highest BCUT2D eigenvalue weighted by Gasteiger charge is 2.33. The van der Waals surface area contributed by atoms with Gasteiger partial charge in [-0.3, -0.25) is 14.4 Å². The van der Waals surface area contributed by atoms with E-state index in [0.29, 0.717) is 5.56 Å². The summed E-state index contributed by atoms with van der Waals surface area (Å²) in [6, 6.07) is 11.7. The first-order chi connectivity index (χ1) is 11.4. The predicted octanol–water partition coefficient (Wildman–Crippen LogP) is 2.45. The molecule has 1 unspecified atom stereocenters. The maximum atomic E-state index is 12.4. The molecule has 1 aromatic carbocycles. The quantitative estimate of drug-likeness (QED) is 0.500. The van der Waals surface area contributed by atoms with Crippen LogP contribution in [-0.4, -0.2) is 35.9 Å². The van der Waals surface area contributed by atoms with E-state index in [9.17, 15) is 14.4 Å². The summed E-state index contributed by atoms with van der Waals surface area (Å²) >= 11 is 0. The van der Waals surface area contributed by atoms with Gasteiger partial charge in [0.05, 0.1) is 18.9 Å². The molecule has 2 rings (SSSR count). The van der Waals surface area contributed by atoms with E-state index in [1.807, 2.05) is 6.07 Å². The molecule has 1 aromatic heterocycles. The SMILES string of the molecule is COC(=O)C(C(=O)OC(C)C)c1ccc(C(=O)c2ccccc2)[nH]1. The fourth-order valence-corrected chi connectivity index (χ4v) is 2.23. The largest absolute Gasteiger partial charge is 0.468 e. The number of hydrogen-bond donors (Lipinski definition) is 1. The van der Waals surface area contributed by atoms with Crippen LogP contribution in [0.5, 0.6) is 0 Å². The minimum absolute atomic E-state index is 0.234. The zero-order valence-electron chi connectivity index (χ0n) is 13.7. The van der Waals surface area contributed by atoms with E-state index in [4.69, 9.17) is 4.74 Å². The molecule has 0 amide bonds. The van der Waals surface area contributed by atoms with Crippen molar-refractivity contribution < 1.29 is 23.9 Å².